The van der Waals surface area contributed by atoms with E-state index in [0.717, 1.165) is 49.7 Å². The molecule has 0 aliphatic rings. The van der Waals surface area contributed by atoms with Gasteiger partial charge in [0.05, 0.1) is 4.90 Å². The molecule has 19 heavy (non-hydrogen) atoms. The van der Waals surface area contributed by atoms with Gasteiger partial charge < -0.3 is 0 Å². The molecule has 0 fully saturated rings. The summed E-state index contributed by atoms with van der Waals surface area (Å²) in [4.78, 5) is -0.0274. The molecule has 1 aromatic carbocycles. The largest absolute Gasteiger partial charge is 0.294 e. The maximum absolute atomic E-state index is 11.1. The number of benzene rings is 1. The van der Waals surface area contributed by atoms with Gasteiger partial charge in [-0.1, -0.05) is 18.9 Å². The number of rotatable bonds is 7. The molecule has 0 saturated carbocycles. The molecule has 0 amide bonds. The smallest absolute Gasteiger partial charge is 0.282 e. The highest BCUT2D eigenvalue weighted by molar-refractivity contribution is 7.85. The summed E-state index contributed by atoms with van der Waals surface area (Å²) < 4.78 is 31.2. The first-order valence-corrected chi connectivity index (χ1v) is 7.89. The van der Waals surface area contributed by atoms with Gasteiger partial charge in [0.2, 0.25) is 0 Å². The molecule has 0 aliphatic heterocycles. The fourth-order valence-electron chi connectivity index (χ4n) is 1.97. The van der Waals surface area contributed by atoms with Gasteiger partial charge in [0, 0.05) is 6.42 Å². The second kappa shape index (κ2) is 7.32. The topological polar surface area (TPSA) is 54.4 Å². The van der Waals surface area contributed by atoms with Crippen LogP contribution in [0.5, 0.6) is 0 Å². The lowest BCUT2D eigenvalue weighted by Crippen LogP contribution is -2.00. The maximum Gasteiger partial charge on any atom is 0.294 e. The Morgan fingerprint density at radius 3 is 2.53 bits per heavy atom. The minimum atomic E-state index is -4.11. The second-order valence-corrected chi connectivity index (χ2v) is 6.10. The number of unbranched alkanes of at least 4 members (excludes halogenated alkanes) is 4. The SMILES string of the molecule is C#CCCCCCCc1cc(S(=O)(=O)O)ccc1C. The van der Waals surface area contributed by atoms with Crippen molar-refractivity contribution in [2.45, 2.75) is 50.3 Å². The predicted molar refractivity (Wildman–Crippen MR) is 76.6 cm³/mol. The highest BCUT2D eigenvalue weighted by atomic mass is 32.2. The summed E-state index contributed by atoms with van der Waals surface area (Å²) in [6, 6.07) is 4.73. The normalized spacial score (nSPS) is 11.2. The third kappa shape index (κ3) is 5.46. The van der Waals surface area contributed by atoms with Gasteiger partial charge in [-0.15, -0.1) is 12.3 Å². The Labute approximate surface area is 115 Å². The minimum Gasteiger partial charge on any atom is -0.282 e. The van der Waals surface area contributed by atoms with E-state index in [2.05, 4.69) is 5.92 Å². The maximum atomic E-state index is 11.1. The van der Waals surface area contributed by atoms with Crippen LogP contribution in [0.3, 0.4) is 0 Å². The zero-order chi connectivity index (χ0) is 14.3. The number of terminal acetylenes is 1. The van der Waals surface area contributed by atoms with Gasteiger partial charge in [0.1, 0.15) is 0 Å². The molecule has 0 saturated heterocycles. The molecule has 1 aromatic rings. The Kier molecular flexibility index (Phi) is 6.07. The molecular weight excluding hydrogens is 260 g/mol. The number of aryl methyl sites for hydroxylation is 2. The van der Waals surface area contributed by atoms with Gasteiger partial charge in [-0.25, -0.2) is 0 Å². The van der Waals surface area contributed by atoms with Crippen molar-refractivity contribution in [1.29, 1.82) is 0 Å². The molecule has 0 aliphatic carbocycles. The summed E-state index contributed by atoms with van der Waals surface area (Å²) >= 11 is 0. The van der Waals surface area contributed by atoms with E-state index < -0.39 is 10.1 Å². The lowest BCUT2D eigenvalue weighted by atomic mass is 10.0. The molecule has 0 radical (unpaired) electrons. The van der Waals surface area contributed by atoms with E-state index in [1.165, 1.54) is 6.07 Å². The van der Waals surface area contributed by atoms with Crippen LogP contribution in [0.25, 0.3) is 0 Å². The fraction of sp³-hybridized carbons (Fsp3) is 0.467. The molecule has 0 spiro atoms. The molecule has 1 N–H and O–H groups in total. The summed E-state index contributed by atoms with van der Waals surface area (Å²) in [5.41, 5.74) is 2.03. The van der Waals surface area contributed by atoms with Crippen LogP contribution in [0.2, 0.25) is 0 Å². The van der Waals surface area contributed by atoms with E-state index in [9.17, 15) is 8.42 Å². The van der Waals surface area contributed by atoms with Crippen LogP contribution in [0.1, 0.15) is 43.2 Å². The first kappa shape index (κ1) is 15.7. The first-order valence-electron chi connectivity index (χ1n) is 6.45. The zero-order valence-corrected chi connectivity index (χ0v) is 12.0. The molecule has 1 rings (SSSR count). The van der Waals surface area contributed by atoms with Gasteiger partial charge in [0.25, 0.3) is 10.1 Å². The van der Waals surface area contributed by atoms with E-state index >= 15 is 0 Å². The molecule has 0 unspecified atom stereocenters. The van der Waals surface area contributed by atoms with Crippen molar-refractivity contribution in [3.8, 4) is 12.3 Å². The van der Waals surface area contributed by atoms with Crippen molar-refractivity contribution in [3.63, 3.8) is 0 Å². The minimum absolute atomic E-state index is 0.0274. The Bertz CT molecular complexity index is 553. The van der Waals surface area contributed by atoms with E-state index in [1.54, 1.807) is 12.1 Å². The van der Waals surface area contributed by atoms with E-state index in [0.29, 0.717) is 0 Å². The second-order valence-electron chi connectivity index (χ2n) is 4.68. The van der Waals surface area contributed by atoms with Crippen molar-refractivity contribution in [2.24, 2.45) is 0 Å². The van der Waals surface area contributed by atoms with Crippen LogP contribution < -0.4 is 0 Å². The summed E-state index contributed by atoms with van der Waals surface area (Å²) in [6.07, 6.45) is 11.0. The van der Waals surface area contributed by atoms with Crippen molar-refractivity contribution in [1.82, 2.24) is 0 Å². The van der Waals surface area contributed by atoms with E-state index in [-0.39, 0.29) is 4.90 Å². The summed E-state index contributed by atoms with van der Waals surface area (Å²) in [6.45, 7) is 1.95. The third-order valence-electron chi connectivity index (χ3n) is 3.14. The lowest BCUT2D eigenvalue weighted by molar-refractivity contribution is 0.483. The Hall–Kier alpha value is -1.31. The predicted octanol–water partition coefficient (Wildman–Crippen LogP) is 3.37. The first-order chi connectivity index (χ1) is 8.95. The standard InChI is InChI=1S/C15H20O3S/c1-3-4-5-6-7-8-9-14-12-15(19(16,17)18)11-10-13(14)2/h1,10-12H,4-9H2,2H3,(H,16,17,18). The van der Waals surface area contributed by atoms with Gasteiger partial charge >= 0.3 is 0 Å². The lowest BCUT2D eigenvalue weighted by Gasteiger charge is -2.07. The van der Waals surface area contributed by atoms with Crippen molar-refractivity contribution >= 4 is 10.1 Å². The van der Waals surface area contributed by atoms with Crippen molar-refractivity contribution in [3.05, 3.63) is 29.3 Å². The summed E-state index contributed by atoms with van der Waals surface area (Å²) in [5, 5.41) is 0. The van der Waals surface area contributed by atoms with Crippen LogP contribution in [0, 0.1) is 19.3 Å². The molecule has 0 bridgehead atoms. The summed E-state index contributed by atoms with van der Waals surface area (Å²) in [7, 11) is -4.11. The molecule has 104 valence electrons. The Balaban J connectivity index is 2.56. The van der Waals surface area contributed by atoms with E-state index in [4.69, 9.17) is 11.0 Å². The van der Waals surface area contributed by atoms with E-state index in [1.807, 2.05) is 6.92 Å². The van der Waals surface area contributed by atoms with Gasteiger partial charge in [-0.05, 0) is 49.4 Å². The third-order valence-corrected chi connectivity index (χ3v) is 3.99. The van der Waals surface area contributed by atoms with Crippen LogP contribution in [0.15, 0.2) is 23.1 Å². The average Bonchev–Trinajstić information content (AvgIpc) is 2.34. The van der Waals surface area contributed by atoms with Crippen LogP contribution >= 0.6 is 0 Å². The van der Waals surface area contributed by atoms with Gasteiger partial charge in [-0.2, -0.15) is 8.42 Å². The van der Waals surface area contributed by atoms with Crippen LogP contribution in [-0.4, -0.2) is 13.0 Å². The van der Waals surface area contributed by atoms with Gasteiger partial charge in [0.15, 0.2) is 0 Å². The van der Waals surface area contributed by atoms with Gasteiger partial charge in [-0.3, -0.25) is 4.55 Å². The van der Waals surface area contributed by atoms with Crippen molar-refractivity contribution < 1.29 is 13.0 Å². The molecule has 4 heteroatoms. The highest BCUT2D eigenvalue weighted by Crippen LogP contribution is 2.18. The molecule has 0 heterocycles. The highest BCUT2D eigenvalue weighted by Gasteiger charge is 2.11. The monoisotopic (exact) mass is 280 g/mol. The number of hydrogen-bond acceptors (Lipinski definition) is 2. The molecule has 3 nitrogen and oxygen atoms in total. The Morgan fingerprint density at radius 1 is 1.21 bits per heavy atom. The zero-order valence-electron chi connectivity index (χ0n) is 11.2. The van der Waals surface area contributed by atoms with Crippen LogP contribution in [-0.2, 0) is 16.5 Å². The van der Waals surface area contributed by atoms with Crippen LogP contribution in [0.4, 0.5) is 0 Å². The van der Waals surface area contributed by atoms with Crippen molar-refractivity contribution in [2.75, 3.05) is 0 Å². The molecular formula is C15H20O3S. The Morgan fingerprint density at radius 2 is 1.89 bits per heavy atom. The average molecular weight is 280 g/mol. The quantitative estimate of drug-likeness (QED) is 0.473. The number of hydrogen-bond donors (Lipinski definition) is 1. The summed E-state index contributed by atoms with van der Waals surface area (Å²) in [5.74, 6) is 2.62. The molecule has 0 atom stereocenters. The molecule has 0 aromatic heterocycles. The fourth-order valence-corrected chi connectivity index (χ4v) is 2.50.